The van der Waals surface area contributed by atoms with Gasteiger partial charge in [-0.15, -0.1) is 0 Å². The Morgan fingerprint density at radius 2 is 1.88 bits per heavy atom. The molecule has 0 aliphatic rings. The molecule has 1 N–H and O–H groups in total. The molecule has 0 saturated heterocycles. The van der Waals surface area contributed by atoms with Crippen molar-refractivity contribution in [2.24, 2.45) is 0 Å². The molecule has 0 spiro atoms. The van der Waals surface area contributed by atoms with E-state index in [1.165, 1.54) is 0 Å². The van der Waals surface area contributed by atoms with Crippen LogP contribution in [0, 0.1) is 0 Å². The minimum atomic E-state index is 0.472. The molecule has 0 amide bonds. The van der Waals surface area contributed by atoms with Crippen molar-refractivity contribution < 1.29 is 4.74 Å². The van der Waals surface area contributed by atoms with Crippen LogP contribution in [0.15, 0.2) is 18.2 Å². The lowest BCUT2D eigenvalue weighted by Crippen LogP contribution is -2.24. The second-order valence-electron chi connectivity index (χ2n) is 4.22. The highest BCUT2D eigenvalue weighted by Crippen LogP contribution is 2.24. The Morgan fingerprint density at radius 3 is 2.47 bits per heavy atom. The molecule has 17 heavy (non-hydrogen) atoms. The number of rotatable bonds is 7. The standard InChI is InChI=1S/C13H19Cl2NO/c1-10(2)16-7-4-8-17-9-11-12(14)5-3-6-13(11)15/h3,5-6,10,16H,4,7-9H2,1-2H3. The largest absolute Gasteiger partial charge is 0.377 e. The molecule has 2 nitrogen and oxygen atoms in total. The van der Waals surface area contributed by atoms with Gasteiger partial charge in [-0.1, -0.05) is 43.1 Å². The Bertz CT molecular complexity index is 322. The zero-order chi connectivity index (χ0) is 12.7. The molecule has 0 heterocycles. The van der Waals surface area contributed by atoms with Gasteiger partial charge in [0.05, 0.1) is 6.61 Å². The first-order valence-corrected chi connectivity index (χ1v) is 6.61. The molecule has 96 valence electrons. The van der Waals surface area contributed by atoms with E-state index in [9.17, 15) is 0 Å². The molecule has 0 radical (unpaired) electrons. The maximum atomic E-state index is 6.03. The fraction of sp³-hybridized carbons (Fsp3) is 0.538. The van der Waals surface area contributed by atoms with Crippen LogP contribution in [0.25, 0.3) is 0 Å². The molecular formula is C13H19Cl2NO. The molecule has 0 aliphatic heterocycles. The summed E-state index contributed by atoms with van der Waals surface area (Å²) in [5.74, 6) is 0. The van der Waals surface area contributed by atoms with Gasteiger partial charge in [0.1, 0.15) is 0 Å². The fourth-order valence-corrected chi connectivity index (χ4v) is 1.92. The van der Waals surface area contributed by atoms with Crippen LogP contribution in [-0.2, 0) is 11.3 Å². The molecule has 1 aromatic rings. The van der Waals surface area contributed by atoms with Gasteiger partial charge in [0.15, 0.2) is 0 Å². The summed E-state index contributed by atoms with van der Waals surface area (Å²) < 4.78 is 5.55. The molecule has 0 fully saturated rings. The number of halogens is 2. The van der Waals surface area contributed by atoms with Crippen LogP contribution in [0.2, 0.25) is 10.0 Å². The lowest BCUT2D eigenvalue weighted by molar-refractivity contribution is 0.118. The van der Waals surface area contributed by atoms with E-state index in [4.69, 9.17) is 27.9 Å². The van der Waals surface area contributed by atoms with Crippen LogP contribution in [0.1, 0.15) is 25.8 Å². The second-order valence-corrected chi connectivity index (χ2v) is 5.03. The van der Waals surface area contributed by atoms with Crippen LogP contribution in [0.5, 0.6) is 0 Å². The summed E-state index contributed by atoms with van der Waals surface area (Å²) in [6.45, 7) is 6.41. The zero-order valence-corrected chi connectivity index (χ0v) is 11.8. The highest BCUT2D eigenvalue weighted by Gasteiger charge is 2.04. The van der Waals surface area contributed by atoms with Gasteiger partial charge in [-0.2, -0.15) is 0 Å². The van der Waals surface area contributed by atoms with E-state index >= 15 is 0 Å². The lowest BCUT2D eigenvalue weighted by Gasteiger charge is -2.09. The van der Waals surface area contributed by atoms with Crippen LogP contribution in [0.4, 0.5) is 0 Å². The molecule has 1 rings (SSSR count). The number of hydrogen-bond acceptors (Lipinski definition) is 2. The third-order valence-electron chi connectivity index (χ3n) is 2.33. The Balaban J connectivity index is 2.22. The molecule has 0 atom stereocenters. The summed E-state index contributed by atoms with van der Waals surface area (Å²) in [7, 11) is 0. The van der Waals surface area contributed by atoms with Gasteiger partial charge in [-0.05, 0) is 25.1 Å². The first kappa shape index (κ1) is 14.8. The summed E-state index contributed by atoms with van der Waals surface area (Å²) in [4.78, 5) is 0. The Kier molecular flexibility index (Phi) is 6.90. The van der Waals surface area contributed by atoms with Gasteiger partial charge in [0.25, 0.3) is 0 Å². The monoisotopic (exact) mass is 275 g/mol. The molecule has 0 aliphatic carbocycles. The van der Waals surface area contributed by atoms with Crippen molar-refractivity contribution in [1.29, 1.82) is 0 Å². The summed E-state index contributed by atoms with van der Waals surface area (Å²) in [6.07, 6.45) is 0.986. The molecule has 0 saturated carbocycles. The highest BCUT2D eigenvalue weighted by atomic mass is 35.5. The molecule has 0 unspecified atom stereocenters. The molecule has 0 aromatic heterocycles. The Hall–Kier alpha value is -0.280. The first-order chi connectivity index (χ1) is 8.11. The number of hydrogen-bond donors (Lipinski definition) is 1. The predicted molar refractivity (Wildman–Crippen MR) is 73.9 cm³/mol. The van der Waals surface area contributed by atoms with Gasteiger partial charge >= 0.3 is 0 Å². The topological polar surface area (TPSA) is 21.3 Å². The van der Waals surface area contributed by atoms with E-state index in [0.29, 0.717) is 29.3 Å². The minimum Gasteiger partial charge on any atom is -0.377 e. The van der Waals surface area contributed by atoms with Gasteiger partial charge in [0.2, 0.25) is 0 Å². The van der Waals surface area contributed by atoms with Gasteiger partial charge < -0.3 is 10.1 Å². The molecule has 0 bridgehead atoms. The average molecular weight is 276 g/mol. The Labute approximate surface area is 113 Å². The molecule has 4 heteroatoms. The maximum Gasteiger partial charge on any atom is 0.0746 e. The predicted octanol–water partition coefficient (Wildman–Crippen LogP) is 3.90. The van der Waals surface area contributed by atoms with Crippen LogP contribution >= 0.6 is 23.2 Å². The van der Waals surface area contributed by atoms with E-state index in [0.717, 1.165) is 18.5 Å². The van der Waals surface area contributed by atoms with Crippen molar-refractivity contribution in [3.8, 4) is 0 Å². The summed E-state index contributed by atoms with van der Waals surface area (Å²) in [5, 5.41) is 4.66. The van der Waals surface area contributed by atoms with Crippen molar-refractivity contribution in [2.45, 2.75) is 32.9 Å². The first-order valence-electron chi connectivity index (χ1n) is 5.85. The minimum absolute atomic E-state index is 0.472. The normalized spacial score (nSPS) is 11.1. The molecular weight excluding hydrogens is 257 g/mol. The summed E-state index contributed by atoms with van der Waals surface area (Å²) >= 11 is 12.1. The van der Waals surface area contributed by atoms with Crippen molar-refractivity contribution in [3.63, 3.8) is 0 Å². The SMILES string of the molecule is CC(C)NCCCOCc1c(Cl)cccc1Cl. The van der Waals surface area contributed by atoms with Gasteiger partial charge in [-0.25, -0.2) is 0 Å². The molecule has 1 aromatic carbocycles. The summed E-state index contributed by atoms with van der Waals surface area (Å²) in [5.41, 5.74) is 0.868. The zero-order valence-electron chi connectivity index (χ0n) is 10.3. The summed E-state index contributed by atoms with van der Waals surface area (Å²) in [6, 6.07) is 6.01. The van der Waals surface area contributed by atoms with E-state index in [2.05, 4.69) is 19.2 Å². The highest BCUT2D eigenvalue weighted by molar-refractivity contribution is 6.35. The number of ether oxygens (including phenoxy) is 1. The maximum absolute atomic E-state index is 6.03. The third kappa shape index (κ3) is 5.73. The smallest absolute Gasteiger partial charge is 0.0746 e. The van der Waals surface area contributed by atoms with Crippen molar-refractivity contribution >= 4 is 23.2 Å². The van der Waals surface area contributed by atoms with E-state index in [-0.39, 0.29) is 0 Å². The van der Waals surface area contributed by atoms with E-state index < -0.39 is 0 Å². The number of benzene rings is 1. The van der Waals surface area contributed by atoms with Gasteiger partial charge in [-0.3, -0.25) is 0 Å². The number of nitrogens with one attached hydrogen (secondary N) is 1. The quantitative estimate of drug-likeness (QED) is 0.763. The van der Waals surface area contributed by atoms with Crippen molar-refractivity contribution in [2.75, 3.05) is 13.2 Å². The lowest BCUT2D eigenvalue weighted by atomic mass is 10.2. The second kappa shape index (κ2) is 7.93. The van der Waals surface area contributed by atoms with Crippen LogP contribution in [-0.4, -0.2) is 19.2 Å². The average Bonchev–Trinajstić information content (AvgIpc) is 2.26. The van der Waals surface area contributed by atoms with Crippen LogP contribution in [0.3, 0.4) is 0 Å². The van der Waals surface area contributed by atoms with Gasteiger partial charge in [0, 0.05) is 28.3 Å². The van der Waals surface area contributed by atoms with Crippen LogP contribution < -0.4 is 5.32 Å². The fourth-order valence-electron chi connectivity index (χ4n) is 1.41. The van der Waals surface area contributed by atoms with E-state index in [1.54, 1.807) is 0 Å². The third-order valence-corrected chi connectivity index (χ3v) is 3.03. The van der Waals surface area contributed by atoms with Crippen molar-refractivity contribution in [3.05, 3.63) is 33.8 Å². The van der Waals surface area contributed by atoms with E-state index in [1.807, 2.05) is 18.2 Å². The van der Waals surface area contributed by atoms with Crippen molar-refractivity contribution in [1.82, 2.24) is 5.32 Å². The Morgan fingerprint density at radius 1 is 1.24 bits per heavy atom.